The van der Waals surface area contributed by atoms with Gasteiger partial charge in [0.05, 0.1) is 0 Å². The first-order valence-electron chi connectivity index (χ1n) is 2.50. The Balaban J connectivity index is 2.98. The summed E-state index contributed by atoms with van der Waals surface area (Å²) in [6, 6.07) is 9.34. The Morgan fingerprint density at radius 2 is 1.78 bits per heavy atom. The predicted octanol–water partition coefficient (Wildman–Crippen LogP) is 1.22. The zero-order chi connectivity index (χ0) is 6.69. The first-order valence-corrected chi connectivity index (χ1v) is 5.98. The fourth-order valence-electron chi connectivity index (χ4n) is 0.550. The molecule has 1 rings (SSSR count). The van der Waals surface area contributed by atoms with Gasteiger partial charge in [0.15, 0.2) is 0 Å². The molecule has 0 saturated carbocycles. The summed E-state index contributed by atoms with van der Waals surface area (Å²) in [6.45, 7) is -1.27. The van der Waals surface area contributed by atoms with E-state index in [1.807, 2.05) is 30.3 Å². The predicted molar refractivity (Wildman–Crippen MR) is 39.4 cm³/mol. The zero-order valence-corrected chi connectivity index (χ0v) is 7.26. The van der Waals surface area contributed by atoms with Crippen molar-refractivity contribution in [3.05, 3.63) is 30.3 Å². The summed E-state index contributed by atoms with van der Waals surface area (Å²) in [6.07, 6.45) is 0. The van der Waals surface area contributed by atoms with E-state index in [4.69, 9.17) is 0 Å². The maximum atomic E-state index is 10.7. The summed E-state index contributed by atoms with van der Waals surface area (Å²) in [7, 11) is 0. The molecule has 0 fully saturated rings. The van der Waals surface area contributed by atoms with Gasteiger partial charge in [-0.05, 0) is 0 Å². The number of hydrogen-bond acceptors (Lipinski definition) is 1. The molecule has 3 heteroatoms. The van der Waals surface area contributed by atoms with Crippen LogP contribution in [-0.2, 0) is 4.57 Å². The minimum absolute atomic E-state index is 0.868. The van der Waals surface area contributed by atoms with E-state index in [-0.39, 0.29) is 0 Å². The van der Waals surface area contributed by atoms with Crippen LogP contribution in [0.5, 0.6) is 0 Å². The molecular weight excluding hydrogens is 198 g/mol. The number of rotatable bonds is 1. The van der Waals surface area contributed by atoms with Crippen LogP contribution >= 0.6 is 6.49 Å². The molecule has 1 nitrogen and oxygen atoms in total. The molecule has 0 aliphatic rings. The second kappa shape index (κ2) is 3.12. The minimum atomic E-state index is -1.27. The van der Waals surface area contributed by atoms with Gasteiger partial charge in [-0.2, -0.15) is 0 Å². The molecule has 0 amide bonds. The van der Waals surface area contributed by atoms with E-state index in [0.717, 1.165) is 5.30 Å². The average Bonchev–Trinajstić information content (AvgIpc) is 1.90. The summed E-state index contributed by atoms with van der Waals surface area (Å²) in [4.78, 5) is 0. The summed E-state index contributed by atoms with van der Waals surface area (Å²) < 4.78 is 10.7. The summed E-state index contributed by atoms with van der Waals surface area (Å²) in [5.41, 5.74) is 0. The summed E-state index contributed by atoms with van der Waals surface area (Å²) >= 11 is 2.57. The molecule has 0 bridgehead atoms. The molecule has 1 aromatic carbocycles. The molecule has 0 spiro atoms. The fourth-order valence-corrected chi connectivity index (χ4v) is 1.73. The Bertz CT molecular complexity index is 210. The van der Waals surface area contributed by atoms with Gasteiger partial charge in [0.1, 0.15) is 0 Å². The quantitative estimate of drug-likeness (QED) is 0.495. The van der Waals surface area contributed by atoms with Crippen LogP contribution in [0.3, 0.4) is 0 Å². The molecule has 0 aromatic heterocycles. The molecule has 0 aliphatic carbocycles. The van der Waals surface area contributed by atoms with Gasteiger partial charge in [0, 0.05) is 0 Å². The normalized spacial score (nSPS) is 11.0. The number of hydrogen-bond donors (Lipinski definition) is 0. The SMILES string of the molecule is O=[P+]([Se-])c1ccccc1. The molecule has 9 heavy (non-hydrogen) atoms. The van der Waals surface area contributed by atoms with Crippen LogP contribution in [-0.4, -0.2) is 15.6 Å². The third-order valence-corrected chi connectivity index (χ3v) is 3.01. The Labute approximate surface area is 62.7 Å². The Morgan fingerprint density at radius 3 is 2.11 bits per heavy atom. The maximum absolute atomic E-state index is 10.7. The van der Waals surface area contributed by atoms with Crippen LogP contribution in [0, 0.1) is 0 Å². The van der Waals surface area contributed by atoms with Crippen molar-refractivity contribution in [3.63, 3.8) is 0 Å². The van der Waals surface area contributed by atoms with Gasteiger partial charge < -0.3 is 0 Å². The van der Waals surface area contributed by atoms with Gasteiger partial charge in [-0.1, -0.05) is 0 Å². The standard InChI is InChI=1S/C6H5OPSe/c7-8(9)6-4-2-1-3-5-6/h1-5H. The molecule has 0 radical (unpaired) electrons. The molecule has 1 atom stereocenters. The van der Waals surface area contributed by atoms with Gasteiger partial charge in [-0.25, -0.2) is 0 Å². The van der Waals surface area contributed by atoms with Crippen LogP contribution in [0.2, 0.25) is 0 Å². The van der Waals surface area contributed by atoms with Crippen LogP contribution < -0.4 is 5.30 Å². The van der Waals surface area contributed by atoms with E-state index in [2.05, 4.69) is 15.6 Å². The van der Waals surface area contributed by atoms with E-state index in [9.17, 15) is 4.57 Å². The molecule has 1 aromatic rings. The molecule has 0 heterocycles. The van der Waals surface area contributed by atoms with Crippen molar-refractivity contribution >= 4 is 27.4 Å². The van der Waals surface area contributed by atoms with Crippen molar-refractivity contribution < 1.29 is 4.57 Å². The van der Waals surface area contributed by atoms with E-state index in [1.54, 1.807) is 0 Å². The summed E-state index contributed by atoms with van der Waals surface area (Å²) in [5.74, 6) is 0. The third-order valence-electron chi connectivity index (χ3n) is 0.967. The molecular formula is C6H5OPSe. The Morgan fingerprint density at radius 1 is 1.22 bits per heavy atom. The van der Waals surface area contributed by atoms with Crippen molar-refractivity contribution in [2.75, 3.05) is 0 Å². The van der Waals surface area contributed by atoms with Gasteiger partial charge in [0.2, 0.25) is 0 Å². The van der Waals surface area contributed by atoms with Crippen molar-refractivity contribution in [1.82, 2.24) is 0 Å². The molecule has 46 valence electrons. The monoisotopic (exact) mass is 204 g/mol. The second-order valence-electron chi connectivity index (χ2n) is 1.59. The average molecular weight is 203 g/mol. The van der Waals surface area contributed by atoms with Gasteiger partial charge >= 0.3 is 62.3 Å². The topological polar surface area (TPSA) is 17.1 Å². The van der Waals surface area contributed by atoms with Crippen LogP contribution in [0.25, 0.3) is 0 Å². The summed E-state index contributed by atoms with van der Waals surface area (Å²) in [5, 5.41) is 0.868. The van der Waals surface area contributed by atoms with E-state index in [0.29, 0.717) is 0 Å². The molecule has 1 unspecified atom stereocenters. The molecule has 0 aliphatic heterocycles. The fraction of sp³-hybridized carbons (Fsp3) is 0. The van der Waals surface area contributed by atoms with Crippen molar-refractivity contribution in [1.29, 1.82) is 0 Å². The Kier molecular flexibility index (Phi) is 2.41. The number of benzene rings is 1. The van der Waals surface area contributed by atoms with Crippen molar-refractivity contribution in [2.45, 2.75) is 0 Å². The van der Waals surface area contributed by atoms with Crippen LogP contribution in [0.15, 0.2) is 30.3 Å². The van der Waals surface area contributed by atoms with Gasteiger partial charge in [-0.3, -0.25) is 0 Å². The zero-order valence-electron chi connectivity index (χ0n) is 4.65. The molecule has 0 N–H and O–H groups in total. The van der Waals surface area contributed by atoms with Crippen LogP contribution in [0.1, 0.15) is 0 Å². The van der Waals surface area contributed by atoms with Gasteiger partial charge in [-0.15, -0.1) is 0 Å². The first-order chi connectivity index (χ1) is 4.30. The second-order valence-corrected chi connectivity index (χ2v) is 4.71. The van der Waals surface area contributed by atoms with E-state index in [1.165, 1.54) is 0 Å². The van der Waals surface area contributed by atoms with E-state index < -0.39 is 6.49 Å². The molecule has 0 saturated heterocycles. The van der Waals surface area contributed by atoms with Crippen molar-refractivity contribution in [2.24, 2.45) is 0 Å². The van der Waals surface area contributed by atoms with Crippen LogP contribution in [0.4, 0.5) is 0 Å². The third kappa shape index (κ3) is 1.91. The van der Waals surface area contributed by atoms with E-state index >= 15 is 0 Å². The Hall–Kier alpha value is -0.161. The van der Waals surface area contributed by atoms with Crippen molar-refractivity contribution in [3.8, 4) is 0 Å². The van der Waals surface area contributed by atoms with Gasteiger partial charge in [0.25, 0.3) is 0 Å². The first kappa shape index (κ1) is 6.95.